The number of benzene rings is 2. The van der Waals surface area contributed by atoms with E-state index in [1.165, 1.54) is 10.6 Å². The second kappa shape index (κ2) is 16.2. The van der Waals surface area contributed by atoms with Crippen LogP contribution in [-0.4, -0.2) is 18.4 Å². The van der Waals surface area contributed by atoms with E-state index in [4.69, 9.17) is 4.74 Å². The number of hydrogen-bond donors (Lipinski definition) is 0. The fraction of sp³-hybridized carbons (Fsp3) is 0.161. The van der Waals surface area contributed by atoms with Gasteiger partial charge in [-0.1, -0.05) is 74.2 Å². The van der Waals surface area contributed by atoms with Gasteiger partial charge >= 0.3 is 5.97 Å². The Morgan fingerprint density at radius 2 is 1.39 bits per heavy atom. The van der Waals surface area contributed by atoms with Gasteiger partial charge < -0.3 is 9.53 Å². The van der Waals surface area contributed by atoms with Crippen LogP contribution < -0.4 is 10.6 Å². The van der Waals surface area contributed by atoms with Gasteiger partial charge in [-0.25, -0.2) is 0 Å². The summed E-state index contributed by atoms with van der Waals surface area (Å²) in [7, 11) is -0.904. The summed E-state index contributed by atoms with van der Waals surface area (Å²) in [5.41, 5.74) is 1.70. The van der Waals surface area contributed by atoms with Crippen LogP contribution in [0.5, 0.6) is 0 Å². The van der Waals surface area contributed by atoms with Crippen molar-refractivity contribution in [2.45, 2.75) is 26.4 Å². The van der Waals surface area contributed by atoms with Crippen molar-refractivity contribution in [1.82, 2.24) is 0 Å². The molecule has 0 heterocycles. The number of hydrogen-bond acceptors (Lipinski definition) is 3. The molecule has 5 heteroatoms. The molecule has 0 aliphatic heterocycles. The quantitative estimate of drug-likeness (QED) is 0.138. The van der Waals surface area contributed by atoms with Crippen molar-refractivity contribution in [1.29, 1.82) is 0 Å². The second-order valence-electron chi connectivity index (χ2n) is 8.35. The Labute approximate surface area is 229 Å². The van der Waals surface area contributed by atoms with Gasteiger partial charge in [0.05, 0.1) is 0 Å². The summed E-state index contributed by atoms with van der Waals surface area (Å²) in [5.74, 6) is 0.0746. The zero-order valence-corrected chi connectivity index (χ0v) is 22.6. The van der Waals surface area contributed by atoms with Crippen LogP contribution in [0.3, 0.4) is 0 Å². The zero-order valence-electron chi connectivity index (χ0n) is 20.6. The van der Waals surface area contributed by atoms with E-state index < -0.39 is 14.0 Å². The van der Waals surface area contributed by atoms with Crippen LogP contribution in [0, 0.1) is 68.9 Å². The van der Waals surface area contributed by atoms with Crippen molar-refractivity contribution in [3.63, 3.8) is 0 Å². The van der Waals surface area contributed by atoms with E-state index in [-0.39, 0.29) is 29.0 Å². The molecule has 3 nitrogen and oxygen atoms in total. The van der Waals surface area contributed by atoms with Gasteiger partial charge in [0.25, 0.3) is 0 Å². The molecule has 186 valence electrons. The third-order valence-corrected chi connectivity index (χ3v) is 8.04. The predicted molar refractivity (Wildman–Crippen MR) is 144 cm³/mol. The average molecular weight is 538 g/mol. The fourth-order valence-corrected chi connectivity index (χ4v) is 6.27. The maximum Gasteiger partial charge on any atom is 0.315 e. The summed E-state index contributed by atoms with van der Waals surface area (Å²) in [6.45, 7) is 7.68. The van der Waals surface area contributed by atoms with E-state index in [0.717, 1.165) is 17.5 Å². The maximum atomic E-state index is 13.2. The summed E-state index contributed by atoms with van der Waals surface area (Å²) in [4.78, 5) is 24.1. The molecule has 2 atom stereocenters. The minimum absolute atomic E-state index is 0. The average Bonchev–Trinajstić information content (AvgIpc) is 3.60. The summed E-state index contributed by atoms with van der Waals surface area (Å²) in [6.07, 6.45) is 16.4. The summed E-state index contributed by atoms with van der Waals surface area (Å²) >= 11 is 0. The van der Waals surface area contributed by atoms with E-state index in [2.05, 4.69) is 30.8 Å². The van der Waals surface area contributed by atoms with Crippen LogP contribution in [0.15, 0.2) is 72.8 Å². The number of carbonyl (C=O) groups is 2. The molecule has 0 spiro atoms. The monoisotopic (exact) mass is 538 g/mol. The van der Waals surface area contributed by atoms with Crippen molar-refractivity contribution in [2.24, 2.45) is 5.92 Å². The third kappa shape index (κ3) is 8.69. The topological polar surface area (TPSA) is 43.4 Å². The van der Waals surface area contributed by atoms with Crippen molar-refractivity contribution in [2.75, 3.05) is 0 Å². The molecule has 2 aliphatic carbocycles. The molecule has 2 saturated carbocycles. The van der Waals surface area contributed by atoms with Crippen LogP contribution in [0.1, 0.15) is 20.3 Å². The Kier molecular flexibility index (Phi) is 13.7. The van der Waals surface area contributed by atoms with Crippen molar-refractivity contribution >= 4 is 30.8 Å². The van der Waals surface area contributed by atoms with Gasteiger partial charge in [0, 0.05) is 35.1 Å². The van der Waals surface area contributed by atoms with E-state index in [9.17, 15) is 9.59 Å². The van der Waals surface area contributed by atoms with Gasteiger partial charge in [0.15, 0.2) is 0 Å². The molecular formula is C31H31FeO3P. The van der Waals surface area contributed by atoms with Gasteiger partial charge in [0.1, 0.15) is 18.3 Å². The van der Waals surface area contributed by atoms with Crippen LogP contribution in [0.25, 0.3) is 0 Å². The van der Waals surface area contributed by atoms with Gasteiger partial charge in [-0.2, -0.15) is 0 Å². The predicted octanol–water partition coefficient (Wildman–Crippen LogP) is 5.58. The summed E-state index contributed by atoms with van der Waals surface area (Å²) in [6, 6.07) is 20.5. The Balaban J connectivity index is 0.000000678. The number of carbonyl (C=O) groups excluding carboxylic acids is 2. The first-order valence-electron chi connectivity index (χ1n) is 11.7. The normalized spacial score (nSPS) is 17.4. The van der Waals surface area contributed by atoms with Crippen molar-refractivity contribution in [3.05, 3.63) is 136 Å². The molecule has 36 heavy (non-hydrogen) atoms. The fourth-order valence-electron chi connectivity index (χ4n) is 3.84. The molecular weight excluding hydrogens is 507 g/mol. The third-order valence-electron chi connectivity index (χ3n) is 5.54. The Morgan fingerprint density at radius 3 is 1.83 bits per heavy atom. The van der Waals surface area contributed by atoms with Gasteiger partial charge in [0.2, 0.25) is 0 Å². The van der Waals surface area contributed by atoms with Gasteiger partial charge in [-0.3, -0.25) is 4.79 Å². The van der Waals surface area contributed by atoms with Crippen LogP contribution >= 0.6 is 7.92 Å². The molecule has 2 fully saturated rings. The molecule has 10 radical (unpaired) electrons. The molecule has 2 aliphatic rings. The number of rotatable bonds is 9. The molecule has 0 bridgehead atoms. The van der Waals surface area contributed by atoms with Crippen LogP contribution in [0.4, 0.5) is 0 Å². The molecule has 0 unspecified atom stereocenters. The van der Waals surface area contributed by atoms with Crippen molar-refractivity contribution < 1.29 is 31.4 Å². The second-order valence-corrected chi connectivity index (χ2v) is 10.5. The Morgan fingerprint density at radius 1 is 0.889 bits per heavy atom. The maximum absolute atomic E-state index is 13.2. The zero-order chi connectivity index (χ0) is 25.0. The molecule has 0 N–H and O–H groups in total. The van der Waals surface area contributed by atoms with E-state index in [0.29, 0.717) is 12.3 Å². The first-order valence-corrected chi connectivity index (χ1v) is 13.0. The summed E-state index contributed by atoms with van der Waals surface area (Å²) in [5, 5.41) is 2.34. The summed E-state index contributed by atoms with van der Waals surface area (Å²) < 4.78 is 5.85. The van der Waals surface area contributed by atoms with Gasteiger partial charge in [-0.05, 0) is 82.4 Å². The molecule has 0 amide bonds. The number of aldehydes is 1. The minimum atomic E-state index is -0.904. The molecule has 2 aromatic carbocycles. The smallest absolute Gasteiger partial charge is 0.315 e. The number of ether oxygens (including phenoxy) is 1. The van der Waals surface area contributed by atoms with E-state index in [1.54, 1.807) is 0 Å². The number of esters is 1. The molecule has 0 aromatic heterocycles. The van der Waals surface area contributed by atoms with Crippen molar-refractivity contribution in [3.8, 4) is 0 Å². The van der Waals surface area contributed by atoms with Gasteiger partial charge in [-0.15, -0.1) is 0 Å². The van der Waals surface area contributed by atoms with Crippen LogP contribution in [-0.2, 0) is 31.4 Å². The molecule has 4 rings (SSSR count). The molecule has 2 aromatic rings. The Bertz CT molecular complexity index is 882. The van der Waals surface area contributed by atoms with E-state index in [1.807, 2.05) is 102 Å². The van der Waals surface area contributed by atoms with E-state index >= 15 is 0 Å². The minimum Gasteiger partial charge on any atom is -0.457 e. The first kappa shape index (κ1) is 30.5. The largest absolute Gasteiger partial charge is 0.457 e. The van der Waals surface area contributed by atoms with Crippen LogP contribution in [0.2, 0.25) is 0 Å². The Hall–Kier alpha value is -1.73. The first-order chi connectivity index (χ1) is 17.0. The SMILES string of the molecule is C=C(C)[C@H](OC(=O)[C]1[CH][CH][CH][C]1P(c1ccccc1)c1ccccc1)[C@@H](C)CC=O.[CH]1[CH][CH][CH][CH]1.[Fe]. The standard InChI is InChI=1S/C26H26O3P.C5H5.Fe/c1-19(2)25(20(3)17-18-27)29-26(28)23-15-10-16-24(23)30(21-11-6-4-7-12-21)22-13-8-5-9-14-22;1-2-4-5-3-1;/h4-16,18,20,25H,1,17H2,2-3H3;1-5H;/t20-,25-;;/m0../s1. The molecule has 0 saturated heterocycles.